The molecule has 0 amide bonds. The van der Waals surface area contributed by atoms with Gasteiger partial charge in [0.05, 0.1) is 13.2 Å². The van der Waals surface area contributed by atoms with Gasteiger partial charge in [0.25, 0.3) is 0 Å². The van der Waals surface area contributed by atoms with E-state index in [1.165, 1.54) is 18.2 Å². The topological polar surface area (TPSA) is 27.7 Å². The van der Waals surface area contributed by atoms with Crippen LogP contribution in [0.4, 0.5) is 39.5 Å². The molecule has 0 aliphatic heterocycles. The van der Waals surface area contributed by atoms with Crippen LogP contribution in [-0.2, 0) is 4.74 Å². The molecule has 2 aliphatic carbocycles. The maximum absolute atomic E-state index is 14.9. The second-order valence-electron chi connectivity index (χ2n) is 14.3. The summed E-state index contributed by atoms with van der Waals surface area (Å²) in [5.41, 5.74) is 0.272. The Labute approximate surface area is 318 Å². The van der Waals surface area contributed by atoms with Crippen molar-refractivity contribution in [3.05, 3.63) is 107 Å². The van der Waals surface area contributed by atoms with E-state index in [0.717, 1.165) is 37.8 Å². The molecule has 2 aromatic carbocycles. The molecule has 0 spiro atoms. The smallest absolute Gasteiger partial charge is 0.301 e. The molecular weight excluding hydrogens is 735 g/mol. The van der Waals surface area contributed by atoms with Gasteiger partial charge < -0.3 is 14.2 Å². The first-order chi connectivity index (χ1) is 26.5. The molecule has 2 unspecified atom stereocenters. The number of allylic oxidation sites excluding steroid dienone is 7. The Morgan fingerprint density at radius 1 is 0.673 bits per heavy atom. The molecule has 0 radical (unpaired) electrons. The lowest BCUT2D eigenvalue weighted by molar-refractivity contribution is 0.0109. The van der Waals surface area contributed by atoms with Gasteiger partial charge in [-0.2, -0.15) is 17.6 Å². The third-order valence-electron chi connectivity index (χ3n) is 10.5. The molecule has 1 saturated carbocycles. The molecule has 0 saturated heterocycles. The highest BCUT2D eigenvalue weighted by atomic mass is 19.3. The van der Waals surface area contributed by atoms with Gasteiger partial charge in [-0.05, 0) is 112 Å². The Morgan fingerprint density at radius 2 is 1.25 bits per heavy atom. The van der Waals surface area contributed by atoms with E-state index in [4.69, 9.17) is 14.2 Å². The highest BCUT2D eigenvalue weighted by molar-refractivity contribution is 5.38. The van der Waals surface area contributed by atoms with E-state index < -0.39 is 58.7 Å². The third-order valence-corrected chi connectivity index (χ3v) is 10.5. The zero-order chi connectivity index (χ0) is 39.7. The molecule has 304 valence electrons. The molecule has 0 N–H and O–H groups in total. The maximum atomic E-state index is 14.9. The number of unbranched alkanes of at least 4 members (excludes halogenated alkanes) is 6. The summed E-state index contributed by atoms with van der Waals surface area (Å²) in [6, 6.07) is 5.55. The summed E-state index contributed by atoms with van der Waals surface area (Å²) < 4.78 is 142. The second kappa shape index (κ2) is 22.8. The summed E-state index contributed by atoms with van der Waals surface area (Å²) in [6.45, 7) is 2.04. The number of halogens is 9. The molecule has 2 aliphatic rings. The molecule has 1 fully saturated rings. The average molecular weight is 787 g/mol. The van der Waals surface area contributed by atoms with Crippen LogP contribution >= 0.6 is 0 Å². The quantitative estimate of drug-likeness (QED) is 0.0515. The molecule has 0 bridgehead atoms. The molecule has 55 heavy (non-hydrogen) atoms. The lowest BCUT2D eigenvalue weighted by atomic mass is 9.78. The van der Waals surface area contributed by atoms with E-state index in [0.29, 0.717) is 62.8 Å². The van der Waals surface area contributed by atoms with E-state index in [9.17, 15) is 39.5 Å². The van der Waals surface area contributed by atoms with Gasteiger partial charge in [-0.25, -0.2) is 22.0 Å². The monoisotopic (exact) mass is 786 g/mol. The maximum Gasteiger partial charge on any atom is 0.301 e. The van der Waals surface area contributed by atoms with Crippen LogP contribution in [0.3, 0.4) is 0 Å². The number of benzene rings is 2. The fraction of sp³-hybridized carbons (Fsp3) is 0.535. The van der Waals surface area contributed by atoms with E-state index in [1.807, 2.05) is 13.0 Å². The normalized spacial score (nSPS) is 19.3. The highest BCUT2D eigenvalue weighted by Gasteiger charge is 2.27. The average Bonchev–Trinajstić information content (AvgIpc) is 3.17. The van der Waals surface area contributed by atoms with Gasteiger partial charge in [0, 0.05) is 11.8 Å². The largest absolute Gasteiger partial charge is 0.490 e. The number of rotatable bonds is 22. The van der Waals surface area contributed by atoms with Crippen LogP contribution in [0.1, 0.15) is 126 Å². The summed E-state index contributed by atoms with van der Waals surface area (Å²) >= 11 is 0. The molecule has 0 aromatic heterocycles. The van der Waals surface area contributed by atoms with Crippen LogP contribution in [-0.4, -0.2) is 20.0 Å². The van der Waals surface area contributed by atoms with Crippen molar-refractivity contribution in [3.63, 3.8) is 0 Å². The van der Waals surface area contributed by atoms with Crippen molar-refractivity contribution in [1.29, 1.82) is 0 Å². The highest BCUT2D eigenvalue weighted by Crippen LogP contribution is 2.39. The van der Waals surface area contributed by atoms with Crippen LogP contribution in [0.15, 0.2) is 72.1 Å². The molecule has 4 rings (SSSR count). The summed E-state index contributed by atoms with van der Waals surface area (Å²) in [5, 5.41) is 0. The van der Waals surface area contributed by atoms with Crippen molar-refractivity contribution in [2.45, 2.75) is 115 Å². The fourth-order valence-electron chi connectivity index (χ4n) is 7.37. The summed E-state index contributed by atoms with van der Waals surface area (Å²) in [7, 11) is 0. The number of ether oxygens (including phenoxy) is 3. The molecule has 2 aromatic rings. The Balaban J connectivity index is 1.06. The number of hydrogen-bond acceptors (Lipinski definition) is 3. The van der Waals surface area contributed by atoms with Crippen LogP contribution in [0.25, 0.3) is 0 Å². The molecular formula is C43H51F9O3. The van der Waals surface area contributed by atoms with E-state index in [2.05, 4.69) is 6.08 Å². The Morgan fingerprint density at radius 3 is 1.91 bits per heavy atom. The lowest BCUT2D eigenvalue weighted by Crippen LogP contribution is -2.14. The minimum Gasteiger partial charge on any atom is -0.490 e. The van der Waals surface area contributed by atoms with E-state index in [1.54, 1.807) is 6.07 Å². The van der Waals surface area contributed by atoms with Gasteiger partial charge in [0.15, 0.2) is 47.4 Å². The minimum atomic E-state index is -2.32. The van der Waals surface area contributed by atoms with Gasteiger partial charge in [0.1, 0.15) is 0 Å². The summed E-state index contributed by atoms with van der Waals surface area (Å²) in [4.78, 5) is 0. The molecule has 2 atom stereocenters. The van der Waals surface area contributed by atoms with Gasteiger partial charge in [0.2, 0.25) is 11.6 Å². The predicted octanol–water partition coefficient (Wildman–Crippen LogP) is 14.3. The predicted molar refractivity (Wildman–Crippen MR) is 195 cm³/mol. The second-order valence-corrected chi connectivity index (χ2v) is 14.3. The first-order valence-corrected chi connectivity index (χ1v) is 19.4. The first kappa shape index (κ1) is 44.0. The summed E-state index contributed by atoms with van der Waals surface area (Å²) in [5.74, 6) is -9.65. The number of hydrogen-bond donors (Lipinski definition) is 0. The van der Waals surface area contributed by atoms with Gasteiger partial charge in [-0.15, -0.1) is 0 Å². The van der Waals surface area contributed by atoms with Crippen molar-refractivity contribution in [3.8, 4) is 11.5 Å². The zero-order valence-corrected chi connectivity index (χ0v) is 31.3. The lowest BCUT2D eigenvalue weighted by Gasteiger charge is -2.27. The Hall–Kier alpha value is -3.67. The standard InChI is InChI=1S/C43H51F9O3/c1-2-11-28-14-16-29(17-15-28)32-19-23-37(42(50)39(32)47)55-27-53-24-9-6-8-13-30(38(46)43(51)52)12-7-4-3-5-10-25-54-36-22-20-33(40(48)41(36)49)31-18-21-34(44)35(45)26-31/h2,11,19-23,26,28-31H,3-10,12-18,24-25,27H2,1H3/b11-2+. The van der Waals surface area contributed by atoms with Gasteiger partial charge in [-0.1, -0.05) is 62.8 Å². The van der Waals surface area contributed by atoms with Crippen molar-refractivity contribution in [2.24, 2.45) is 11.8 Å². The first-order valence-electron chi connectivity index (χ1n) is 19.4. The van der Waals surface area contributed by atoms with Crippen LogP contribution in [0.2, 0.25) is 0 Å². The Kier molecular flexibility index (Phi) is 18.2. The zero-order valence-electron chi connectivity index (χ0n) is 31.3. The summed E-state index contributed by atoms with van der Waals surface area (Å²) in [6.07, 6.45) is 12.4. The van der Waals surface area contributed by atoms with Crippen LogP contribution < -0.4 is 9.47 Å². The van der Waals surface area contributed by atoms with E-state index in [-0.39, 0.29) is 62.2 Å². The van der Waals surface area contributed by atoms with Crippen LogP contribution in [0, 0.1) is 35.1 Å². The van der Waals surface area contributed by atoms with Gasteiger partial charge in [-0.3, -0.25) is 0 Å². The van der Waals surface area contributed by atoms with Crippen LogP contribution in [0.5, 0.6) is 11.5 Å². The van der Waals surface area contributed by atoms with Crippen molar-refractivity contribution < 1.29 is 53.7 Å². The van der Waals surface area contributed by atoms with Crippen molar-refractivity contribution >= 4 is 0 Å². The fourth-order valence-corrected chi connectivity index (χ4v) is 7.37. The van der Waals surface area contributed by atoms with Gasteiger partial charge >= 0.3 is 6.08 Å². The molecule has 3 nitrogen and oxygen atoms in total. The van der Waals surface area contributed by atoms with Crippen molar-refractivity contribution in [1.82, 2.24) is 0 Å². The van der Waals surface area contributed by atoms with E-state index >= 15 is 0 Å². The third kappa shape index (κ3) is 13.2. The molecule has 0 heterocycles. The minimum absolute atomic E-state index is 0.000442. The SMILES string of the molecule is C/C=C/C1CCC(c2ccc(OCOCCCCCC(CCCCCCCOc3ccc(C4C=C(F)C(F)=CC4)c(F)c3F)C(F)=C(F)F)c(F)c2F)CC1. The molecule has 12 heteroatoms. The van der Waals surface area contributed by atoms with Crippen molar-refractivity contribution in [2.75, 3.05) is 20.0 Å². The Bertz CT molecular complexity index is 1640.